The fraction of sp³-hybridized carbons (Fsp3) is 0.618. The smallest absolute Gasteiger partial charge is 0.308 e. The Labute approximate surface area is 266 Å². The van der Waals surface area contributed by atoms with E-state index in [0.29, 0.717) is 49.8 Å². The van der Waals surface area contributed by atoms with Crippen LogP contribution >= 0.6 is 0 Å². The number of aryl methyl sites for hydroxylation is 1. The van der Waals surface area contributed by atoms with Gasteiger partial charge in [0.15, 0.2) is 11.5 Å². The number of fused-ring (bicyclic) bond motifs is 1. The van der Waals surface area contributed by atoms with Gasteiger partial charge in [0.25, 0.3) is 0 Å². The number of aromatic nitrogens is 1. The number of benzene rings is 1. The molecule has 4 rings (SSSR count). The third-order valence-corrected chi connectivity index (χ3v) is 9.23. The summed E-state index contributed by atoms with van der Waals surface area (Å²) in [5.74, 6) is -0.634. The zero-order chi connectivity index (χ0) is 32.3. The van der Waals surface area contributed by atoms with Gasteiger partial charge in [-0.15, -0.1) is 0 Å². The highest BCUT2D eigenvalue weighted by atomic mass is 16.7. The maximum atomic E-state index is 13.9. The molecule has 2 aromatic rings. The van der Waals surface area contributed by atoms with Gasteiger partial charge in [0, 0.05) is 50.4 Å². The molecule has 0 spiro atoms. The molecule has 1 saturated heterocycles. The highest BCUT2D eigenvalue weighted by Crippen LogP contribution is 2.47. The fourth-order valence-corrected chi connectivity index (χ4v) is 6.63. The number of carbonyl (C=O) groups is 2. The van der Waals surface area contributed by atoms with Gasteiger partial charge in [-0.2, -0.15) is 0 Å². The lowest BCUT2D eigenvalue weighted by atomic mass is 9.84. The number of hydrogen-bond acceptors (Lipinski definition) is 8. The third-order valence-electron chi connectivity index (χ3n) is 9.23. The molecule has 1 aromatic carbocycles. The normalized spacial score (nSPS) is 19.3. The van der Waals surface area contributed by atoms with E-state index in [0.717, 1.165) is 50.9 Å². The second-order valence-electron chi connectivity index (χ2n) is 11.9. The van der Waals surface area contributed by atoms with E-state index in [1.165, 1.54) is 6.07 Å². The van der Waals surface area contributed by atoms with Crippen LogP contribution in [0.2, 0.25) is 0 Å². The zero-order valence-electron chi connectivity index (χ0n) is 27.3. The largest absolute Gasteiger partial charge is 0.493 e. The quantitative estimate of drug-likeness (QED) is 0.246. The first-order chi connectivity index (χ1) is 21.8. The number of pyridine rings is 1. The Morgan fingerprint density at radius 1 is 1.04 bits per heavy atom. The Morgan fingerprint density at radius 2 is 1.80 bits per heavy atom. The topological polar surface area (TPSA) is 114 Å². The maximum absolute atomic E-state index is 13.9. The summed E-state index contributed by atoms with van der Waals surface area (Å²) in [7, 11) is 1.54. The van der Waals surface area contributed by atoms with Crippen LogP contribution in [0, 0.1) is 5.92 Å². The number of unbranched alkanes of at least 4 members (excludes halogenated alkanes) is 2. The number of likely N-dealkylation sites (tertiary alicyclic amines) is 1. The van der Waals surface area contributed by atoms with Gasteiger partial charge in [0.2, 0.25) is 24.0 Å². The molecule has 3 unspecified atom stereocenters. The fourth-order valence-electron chi connectivity index (χ4n) is 6.63. The number of carbonyl (C=O) groups excluding carboxylic acids is 1. The standard InChI is InChI=1S/C34H50N4O7/c1-5-8-16-36(18-12-11-15-35(6-2)7-3)31(40)23-38-22-26(25-20-28(43-4)33-29(21-25)44-24-45-33)32(34(41)42)27(38)14-19-37-17-10-9-13-30(37)39/h9-10,13,17,20-21,26-27,32H,5-8,11-12,14-16,18-19,22-24H2,1-4H3,(H,41,42). The van der Waals surface area contributed by atoms with Crippen LogP contribution in [0.4, 0.5) is 0 Å². The second-order valence-corrected chi connectivity index (χ2v) is 11.9. The lowest BCUT2D eigenvalue weighted by Gasteiger charge is -2.30. The number of nitrogens with zero attached hydrogens (tertiary/aromatic N) is 4. The minimum Gasteiger partial charge on any atom is -0.493 e. The van der Waals surface area contributed by atoms with Gasteiger partial charge >= 0.3 is 5.97 Å². The van der Waals surface area contributed by atoms with Crippen LogP contribution < -0.4 is 19.8 Å². The molecule has 3 atom stereocenters. The van der Waals surface area contributed by atoms with E-state index in [-0.39, 0.29) is 24.8 Å². The first-order valence-corrected chi connectivity index (χ1v) is 16.4. The monoisotopic (exact) mass is 626 g/mol. The van der Waals surface area contributed by atoms with Crippen molar-refractivity contribution in [1.82, 2.24) is 19.3 Å². The molecule has 1 amide bonds. The first kappa shape index (κ1) is 34.3. The summed E-state index contributed by atoms with van der Waals surface area (Å²) >= 11 is 0. The number of carboxylic acids is 1. The molecular formula is C34H50N4O7. The molecule has 45 heavy (non-hydrogen) atoms. The van der Waals surface area contributed by atoms with E-state index < -0.39 is 23.8 Å². The molecule has 1 N–H and O–H groups in total. The van der Waals surface area contributed by atoms with Crippen molar-refractivity contribution in [3.63, 3.8) is 0 Å². The van der Waals surface area contributed by atoms with Crippen LogP contribution in [0.15, 0.2) is 41.3 Å². The number of aliphatic carboxylic acids is 1. The molecule has 11 heteroatoms. The molecule has 1 fully saturated rings. The number of carboxylic acid groups (broad SMARTS) is 1. The van der Waals surface area contributed by atoms with Crippen LogP contribution in [0.5, 0.6) is 17.2 Å². The Morgan fingerprint density at radius 3 is 2.49 bits per heavy atom. The molecule has 0 saturated carbocycles. The van der Waals surface area contributed by atoms with E-state index in [9.17, 15) is 19.5 Å². The lowest BCUT2D eigenvalue weighted by molar-refractivity contribution is -0.144. The van der Waals surface area contributed by atoms with E-state index in [1.54, 1.807) is 30.0 Å². The van der Waals surface area contributed by atoms with Crippen LogP contribution in [-0.2, 0) is 16.1 Å². The summed E-state index contributed by atoms with van der Waals surface area (Å²) in [6, 6.07) is 8.17. The van der Waals surface area contributed by atoms with Crippen LogP contribution in [0.25, 0.3) is 0 Å². The predicted molar refractivity (Wildman–Crippen MR) is 172 cm³/mol. The van der Waals surface area contributed by atoms with Gasteiger partial charge in [-0.3, -0.25) is 19.3 Å². The molecule has 0 aliphatic carbocycles. The summed E-state index contributed by atoms with van der Waals surface area (Å²) in [6.45, 7) is 11.8. The van der Waals surface area contributed by atoms with Crippen molar-refractivity contribution in [2.24, 2.45) is 5.92 Å². The number of ether oxygens (including phenoxy) is 3. The maximum Gasteiger partial charge on any atom is 0.308 e. The number of amides is 1. The molecule has 1 aromatic heterocycles. The minimum atomic E-state index is -0.934. The average molecular weight is 627 g/mol. The van der Waals surface area contributed by atoms with Crippen LogP contribution in [0.1, 0.15) is 64.4 Å². The highest BCUT2D eigenvalue weighted by Gasteiger charge is 2.47. The average Bonchev–Trinajstić information content (AvgIpc) is 3.66. The number of methoxy groups -OCH3 is 1. The highest BCUT2D eigenvalue weighted by molar-refractivity contribution is 5.79. The van der Waals surface area contributed by atoms with Crippen molar-refractivity contribution in [3.05, 3.63) is 52.4 Å². The Kier molecular flexibility index (Phi) is 12.7. The summed E-state index contributed by atoms with van der Waals surface area (Å²) in [5, 5.41) is 10.6. The van der Waals surface area contributed by atoms with Crippen molar-refractivity contribution in [2.75, 3.05) is 59.7 Å². The number of rotatable bonds is 18. The van der Waals surface area contributed by atoms with Crippen molar-refractivity contribution in [3.8, 4) is 17.2 Å². The van der Waals surface area contributed by atoms with Gasteiger partial charge in [0.1, 0.15) is 0 Å². The van der Waals surface area contributed by atoms with Gasteiger partial charge in [-0.1, -0.05) is 33.3 Å². The summed E-state index contributed by atoms with van der Waals surface area (Å²) in [4.78, 5) is 45.7. The Balaban J connectivity index is 1.58. The lowest BCUT2D eigenvalue weighted by Crippen LogP contribution is -2.45. The first-order valence-electron chi connectivity index (χ1n) is 16.4. The predicted octanol–water partition coefficient (Wildman–Crippen LogP) is 3.90. The summed E-state index contributed by atoms with van der Waals surface area (Å²) < 4.78 is 18.4. The van der Waals surface area contributed by atoms with Gasteiger partial charge in [-0.25, -0.2) is 0 Å². The molecule has 11 nitrogen and oxygen atoms in total. The molecular weight excluding hydrogens is 576 g/mol. The molecule has 2 aliphatic heterocycles. The van der Waals surface area contributed by atoms with Crippen LogP contribution in [-0.4, -0.2) is 102 Å². The second kappa shape index (κ2) is 16.7. The molecule has 2 aliphatic rings. The summed E-state index contributed by atoms with van der Waals surface area (Å²) in [5.41, 5.74) is 0.622. The Hall–Kier alpha value is -3.57. The Bertz CT molecular complexity index is 1330. The number of hydrogen-bond donors (Lipinski definition) is 1. The van der Waals surface area contributed by atoms with Gasteiger partial charge in [-0.05, 0) is 69.1 Å². The van der Waals surface area contributed by atoms with Crippen molar-refractivity contribution < 1.29 is 28.9 Å². The van der Waals surface area contributed by atoms with Crippen molar-refractivity contribution in [1.29, 1.82) is 0 Å². The third kappa shape index (κ3) is 8.58. The van der Waals surface area contributed by atoms with E-state index in [1.807, 2.05) is 21.9 Å². The van der Waals surface area contributed by atoms with E-state index >= 15 is 0 Å². The van der Waals surface area contributed by atoms with E-state index in [2.05, 4.69) is 25.7 Å². The van der Waals surface area contributed by atoms with E-state index in [4.69, 9.17) is 14.2 Å². The van der Waals surface area contributed by atoms with Crippen LogP contribution in [0.3, 0.4) is 0 Å². The van der Waals surface area contributed by atoms with Crippen molar-refractivity contribution >= 4 is 11.9 Å². The summed E-state index contributed by atoms with van der Waals surface area (Å²) in [6.07, 6.45) is 5.96. The SMILES string of the molecule is CCCCN(CCCCN(CC)CC)C(=O)CN1CC(c2cc(OC)c3c(c2)OCO3)C(C(=O)O)C1CCn1ccccc1=O. The van der Waals surface area contributed by atoms with Gasteiger partial charge < -0.3 is 33.7 Å². The molecule has 248 valence electrons. The molecule has 3 heterocycles. The minimum absolute atomic E-state index is 0.0150. The zero-order valence-corrected chi connectivity index (χ0v) is 27.3. The molecule has 0 bridgehead atoms. The van der Waals surface area contributed by atoms with Gasteiger partial charge in [0.05, 0.1) is 19.6 Å². The van der Waals surface area contributed by atoms with Crippen molar-refractivity contribution in [2.45, 2.75) is 71.4 Å². The molecule has 0 radical (unpaired) electrons.